The van der Waals surface area contributed by atoms with E-state index in [1.54, 1.807) is 29.2 Å². The van der Waals surface area contributed by atoms with Gasteiger partial charge >= 0.3 is 5.97 Å². The van der Waals surface area contributed by atoms with Crippen molar-refractivity contribution in [3.63, 3.8) is 0 Å². The van der Waals surface area contributed by atoms with Crippen LogP contribution in [0.15, 0.2) is 35.0 Å². The molecule has 0 radical (unpaired) electrons. The second-order valence-corrected chi connectivity index (χ2v) is 4.35. The molecule has 2 aromatic rings. The van der Waals surface area contributed by atoms with Crippen LogP contribution in [0.4, 0.5) is 0 Å². The average Bonchev–Trinajstić information content (AvgIpc) is 3.10. The summed E-state index contributed by atoms with van der Waals surface area (Å²) in [7, 11) is 0. The Kier molecular flexibility index (Phi) is 4.72. The van der Waals surface area contributed by atoms with Gasteiger partial charge < -0.3 is 19.9 Å². The van der Waals surface area contributed by atoms with E-state index in [0.717, 1.165) is 0 Å². The molecule has 0 saturated carbocycles. The zero-order valence-electron chi connectivity index (χ0n) is 11.1. The van der Waals surface area contributed by atoms with Gasteiger partial charge in [-0.25, -0.2) is 4.79 Å². The number of hydrogen-bond acceptors (Lipinski definition) is 5. The maximum Gasteiger partial charge on any atom is 0.326 e. The minimum absolute atomic E-state index is 0.0151. The number of hydrogen-bond donors (Lipinski definition) is 3. The number of aliphatic hydroxyl groups excluding tert-OH is 1. The predicted molar refractivity (Wildman–Crippen MR) is 70.6 cm³/mol. The molecule has 1 amide bonds. The van der Waals surface area contributed by atoms with Crippen LogP contribution in [0.3, 0.4) is 0 Å². The molecule has 0 aliphatic heterocycles. The number of carboxylic acid groups (broad SMARTS) is 1. The Morgan fingerprint density at radius 3 is 2.86 bits per heavy atom. The van der Waals surface area contributed by atoms with E-state index in [1.807, 2.05) is 0 Å². The summed E-state index contributed by atoms with van der Waals surface area (Å²) in [6, 6.07) is 3.70. The number of aromatic nitrogens is 2. The molecule has 0 aliphatic carbocycles. The lowest BCUT2D eigenvalue weighted by molar-refractivity contribution is -0.139. The highest BCUT2D eigenvalue weighted by Crippen LogP contribution is 2.10. The second-order valence-electron chi connectivity index (χ2n) is 4.35. The Bertz CT molecular complexity index is 605. The topological polar surface area (TPSA) is 118 Å². The summed E-state index contributed by atoms with van der Waals surface area (Å²) in [5.41, 5.74) is 0. The van der Waals surface area contributed by atoms with E-state index < -0.39 is 17.9 Å². The summed E-state index contributed by atoms with van der Waals surface area (Å²) in [6.07, 6.45) is 3.31. The van der Waals surface area contributed by atoms with Crippen molar-refractivity contribution >= 4 is 11.9 Å². The standard InChI is InChI=1S/C13H15N3O5/c17-7-4-10(13(19)20)15-12(18)11-3-2-9(21-11)8-16-6-1-5-14-16/h1-3,5-6,10,17H,4,7-8H2,(H,15,18)(H,19,20). The zero-order valence-corrected chi connectivity index (χ0v) is 11.1. The van der Waals surface area contributed by atoms with Crippen LogP contribution in [0.1, 0.15) is 22.7 Å². The van der Waals surface area contributed by atoms with Crippen molar-refractivity contribution in [2.45, 2.75) is 19.0 Å². The molecule has 0 bridgehead atoms. The van der Waals surface area contributed by atoms with Gasteiger partial charge in [0, 0.05) is 25.4 Å². The third kappa shape index (κ3) is 3.93. The Labute approximate surface area is 120 Å². The number of aliphatic carboxylic acids is 1. The largest absolute Gasteiger partial charge is 0.480 e. The molecule has 0 spiro atoms. The van der Waals surface area contributed by atoms with Crippen molar-refractivity contribution in [2.75, 3.05) is 6.61 Å². The molecular weight excluding hydrogens is 278 g/mol. The van der Waals surface area contributed by atoms with E-state index in [9.17, 15) is 9.59 Å². The van der Waals surface area contributed by atoms with Gasteiger partial charge in [0.15, 0.2) is 5.76 Å². The van der Waals surface area contributed by atoms with E-state index in [1.165, 1.54) is 6.07 Å². The van der Waals surface area contributed by atoms with Gasteiger partial charge in [-0.05, 0) is 18.2 Å². The lowest BCUT2D eigenvalue weighted by Crippen LogP contribution is -2.41. The van der Waals surface area contributed by atoms with Crippen LogP contribution in [0.2, 0.25) is 0 Å². The van der Waals surface area contributed by atoms with Crippen molar-refractivity contribution in [3.05, 3.63) is 42.1 Å². The number of nitrogens with zero attached hydrogens (tertiary/aromatic N) is 2. The quantitative estimate of drug-likeness (QED) is 0.666. The van der Waals surface area contributed by atoms with Crippen LogP contribution in [-0.4, -0.2) is 44.5 Å². The number of furan rings is 1. The van der Waals surface area contributed by atoms with E-state index in [-0.39, 0.29) is 18.8 Å². The number of rotatable bonds is 7. The maximum absolute atomic E-state index is 11.9. The Morgan fingerprint density at radius 1 is 1.43 bits per heavy atom. The lowest BCUT2D eigenvalue weighted by Gasteiger charge is -2.11. The molecule has 1 unspecified atom stereocenters. The Morgan fingerprint density at radius 2 is 2.24 bits per heavy atom. The molecule has 8 nitrogen and oxygen atoms in total. The van der Waals surface area contributed by atoms with Gasteiger partial charge in [0.1, 0.15) is 11.8 Å². The van der Waals surface area contributed by atoms with Crippen molar-refractivity contribution in [1.82, 2.24) is 15.1 Å². The fourth-order valence-electron chi connectivity index (χ4n) is 1.75. The summed E-state index contributed by atoms with van der Waals surface area (Å²) in [5, 5.41) is 24.0. The lowest BCUT2D eigenvalue weighted by atomic mass is 10.2. The smallest absolute Gasteiger partial charge is 0.326 e. The number of aliphatic hydroxyl groups is 1. The normalized spacial score (nSPS) is 12.0. The first-order valence-corrected chi connectivity index (χ1v) is 6.31. The van der Waals surface area contributed by atoms with Gasteiger partial charge in [-0.2, -0.15) is 5.10 Å². The molecule has 0 saturated heterocycles. The summed E-state index contributed by atoms with van der Waals surface area (Å²) >= 11 is 0. The minimum Gasteiger partial charge on any atom is -0.480 e. The number of carbonyl (C=O) groups is 2. The van der Waals surface area contributed by atoms with Crippen LogP contribution >= 0.6 is 0 Å². The highest BCUT2D eigenvalue weighted by atomic mass is 16.4. The molecule has 0 aliphatic rings. The molecule has 0 fully saturated rings. The van der Waals surface area contributed by atoms with Gasteiger partial charge in [0.25, 0.3) is 5.91 Å². The first-order valence-electron chi connectivity index (χ1n) is 6.31. The third-order valence-electron chi connectivity index (χ3n) is 2.78. The van der Waals surface area contributed by atoms with Crippen molar-refractivity contribution in [2.24, 2.45) is 0 Å². The molecule has 2 heterocycles. The van der Waals surface area contributed by atoms with Crippen molar-refractivity contribution in [3.8, 4) is 0 Å². The Hall–Kier alpha value is -2.61. The Balaban J connectivity index is 1.99. The molecule has 21 heavy (non-hydrogen) atoms. The molecule has 8 heteroatoms. The summed E-state index contributed by atoms with van der Waals surface area (Å²) in [4.78, 5) is 22.8. The molecule has 3 N–H and O–H groups in total. The summed E-state index contributed by atoms with van der Waals surface area (Å²) in [6.45, 7) is 0.0409. The van der Waals surface area contributed by atoms with Crippen LogP contribution in [-0.2, 0) is 11.3 Å². The fourth-order valence-corrected chi connectivity index (χ4v) is 1.75. The number of carbonyl (C=O) groups excluding carboxylic acids is 1. The minimum atomic E-state index is -1.21. The van der Waals surface area contributed by atoms with Gasteiger partial charge in [-0.3, -0.25) is 9.48 Å². The van der Waals surface area contributed by atoms with E-state index in [0.29, 0.717) is 12.3 Å². The highest BCUT2D eigenvalue weighted by molar-refractivity contribution is 5.94. The number of amides is 1. The first-order chi connectivity index (χ1) is 10.1. The number of carboxylic acids is 1. The monoisotopic (exact) mass is 293 g/mol. The van der Waals surface area contributed by atoms with Crippen molar-refractivity contribution < 1.29 is 24.2 Å². The molecular formula is C13H15N3O5. The van der Waals surface area contributed by atoms with Gasteiger partial charge in [-0.1, -0.05) is 0 Å². The van der Waals surface area contributed by atoms with Gasteiger partial charge in [-0.15, -0.1) is 0 Å². The molecule has 112 valence electrons. The second kappa shape index (κ2) is 6.71. The average molecular weight is 293 g/mol. The molecule has 0 aromatic carbocycles. The van der Waals surface area contributed by atoms with Crippen LogP contribution in [0.25, 0.3) is 0 Å². The fraction of sp³-hybridized carbons (Fsp3) is 0.308. The van der Waals surface area contributed by atoms with Crippen LogP contribution < -0.4 is 5.32 Å². The van der Waals surface area contributed by atoms with E-state index in [2.05, 4.69) is 10.4 Å². The molecule has 1 atom stereocenters. The summed E-state index contributed by atoms with van der Waals surface area (Å²) < 4.78 is 6.98. The maximum atomic E-state index is 11.9. The number of nitrogens with one attached hydrogen (secondary N) is 1. The van der Waals surface area contributed by atoms with E-state index in [4.69, 9.17) is 14.6 Å². The van der Waals surface area contributed by atoms with Gasteiger partial charge in [0.05, 0.1) is 6.54 Å². The highest BCUT2D eigenvalue weighted by Gasteiger charge is 2.21. The van der Waals surface area contributed by atoms with Crippen molar-refractivity contribution in [1.29, 1.82) is 0 Å². The molecule has 2 rings (SSSR count). The van der Waals surface area contributed by atoms with E-state index >= 15 is 0 Å². The van der Waals surface area contributed by atoms with Crippen LogP contribution in [0, 0.1) is 0 Å². The predicted octanol–water partition coefficient (Wildman–Crippen LogP) is 0.0898. The summed E-state index contributed by atoms with van der Waals surface area (Å²) in [5.74, 6) is -1.30. The zero-order chi connectivity index (χ0) is 15.2. The molecule has 2 aromatic heterocycles. The third-order valence-corrected chi connectivity index (χ3v) is 2.78. The van der Waals surface area contributed by atoms with Crippen LogP contribution in [0.5, 0.6) is 0 Å². The van der Waals surface area contributed by atoms with Gasteiger partial charge in [0.2, 0.25) is 0 Å². The first kappa shape index (κ1) is 14.8. The SMILES string of the molecule is O=C(NC(CCO)C(=O)O)c1ccc(Cn2cccn2)o1.